The van der Waals surface area contributed by atoms with Crippen LogP contribution in [0.2, 0.25) is 0 Å². The number of carboxylic acid groups (broad SMARTS) is 1. The fourth-order valence-corrected chi connectivity index (χ4v) is 2.27. The van der Waals surface area contributed by atoms with Gasteiger partial charge in [-0.3, -0.25) is 4.79 Å². The number of pyridine rings is 1. The van der Waals surface area contributed by atoms with Crippen molar-refractivity contribution in [2.24, 2.45) is 0 Å². The van der Waals surface area contributed by atoms with E-state index in [0.717, 1.165) is 0 Å². The Labute approximate surface area is 144 Å². The Morgan fingerprint density at radius 1 is 1.48 bits per heavy atom. The van der Waals surface area contributed by atoms with Crippen molar-refractivity contribution in [3.05, 3.63) is 35.7 Å². The van der Waals surface area contributed by atoms with Crippen LogP contribution in [0, 0.1) is 6.92 Å². The van der Waals surface area contributed by atoms with Crippen LogP contribution in [0.5, 0.6) is 0 Å². The van der Waals surface area contributed by atoms with Gasteiger partial charge in [0, 0.05) is 5.69 Å². The van der Waals surface area contributed by atoms with Gasteiger partial charge in [-0.05, 0) is 18.9 Å². The molecule has 134 valence electrons. The molecule has 2 N–H and O–H groups in total. The number of aliphatic carboxylic acids is 1. The van der Waals surface area contributed by atoms with E-state index in [1.54, 1.807) is 13.0 Å². The highest BCUT2D eigenvalue weighted by atomic mass is 16.5. The summed E-state index contributed by atoms with van der Waals surface area (Å²) in [4.78, 5) is 28.4. The monoisotopic (exact) mass is 347 g/mol. The van der Waals surface area contributed by atoms with Crippen molar-refractivity contribution in [3.63, 3.8) is 0 Å². The highest BCUT2D eigenvalue weighted by molar-refractivity contribution is 6.07. The van der Waals surface area contributed by atoms with E-state index in [1.807, 2.05) is 13.8 Å². The summed E-state index contributed by atoms with van der Waals surface area (Å²) < 4.78 is 10.3. The van der Waals surface area contributed by atoms with E-state index in [4.69, 9.17) is 9.26 Å². The van der Waals surface area contributed by atoms with Crippen molar-refractivity contribution in [1.29, 1.82) is 0 Å². The highest BCUT2D eigenvalue weighted by Crippen LogP contribution is 2.25. The van der Waals surface area contributed by atoms with Crippen molar-refractivity contribution in [2.75, 3.05) is 13.2 Å². The van der Waals surface area contributed by atoms with E-state index >= 15 is 0 Å². The molecule has 1 atom stereocenters. The average molecular weight is 347 g/mol. The predicted molar refractivity (Wildman–Crippen MR) is 90.5 cm³/mol. The van der Waals surface area contributed by atoms with E-state index in [2.05, 4.69) is 22.0 Å². The maximum absolute atomic E-state index is 12.7. The smallest absolute Gasteiger partial charge is 0.328 e. The fraction of sp³-hybridized carbons (Fsp3) is 0.412. The van der Waals surface area contributed by atoms with Crippen molar-refractivity contribution < 1.29 is 24.0 Å². The van der Waals surface area contributed by atoms with Gasteiger partial charge in [0.25, 0.3) is 11.6 Å². The van der Waals surface area contributed by atoms with E-state index in [-0.39, 0.29) is 30.4 Å². The molecule has 25 heavy (non-hydrogen) atoms. The van der Waals surface area contributed by atoms with Gasteiger partial charge in [-0.1, -0.05) is 25.1 Å². The van der Waals surface area contributed by atoms with Gasteiger partial charge in [-0.15, -0.1) is 6.58 Å². The molecular formula is C17H21N3O5. The lowest BCUT2D eigenvalue weighted by atomic mass is 10.0. The van der Waals surface area contributed by atoms with Gasteiger partial charge in [0.05, 0.1) is 29.9 Å². The topological polar surface area (TPSA) is 115 Å². The lowest BCUT2D eigenvalue weighted by Gasteiger charge is -2.15. The van der Waals surface area contributed by atoms with Crippen molar-refractivity contribution in [1.82, 2.24) is 15.5 Å². The summed E-state index contributed by atoms with van der Waals surface area (Å²) in [5.41, 5.74) is 1.70. The molecule has 0 spiro atoms. The van der Waals surface area contributed by atoms with Crippen LogP contribution in [-0.2, 0) is 9.53 Å². The third-order valence-electron chi connectivity index (χ3n) is 3.60. The zero-order chi connectivity index (χ0) is 18.6. The number of nitrogens with zero attached hydrogens (tertiary/aromatic N) is 2. The molecule has 0 saturated heterocycles. The number of carbonyl (C=O) groups is 2. The lowest BCUT2D eigenvalue weighted by molar-refractivity contribution is -0.140. The van der Waals surface area contributed by atoms with Gasteiger partial charge in [-0.2, -0.15) is 0 Å². The Hall–Kier alpha value is -2.74. The first-order valence-corrected chi connectivity index (χ1v) is 7.84. The van der Waals surface area contributed by atoms with Crippen molar-refractivity contribution in [2.45, 2.75) is 32.7 Å². The SMILES string of the molecule is C=CCOCC(NC(=O)c1cc(C(C)C)nc2onc(C)c12)C(=O)O. The van der Waals surface area contributed by atoms with E-state index in [1.165, 1.54) is 6.08 Å². The predicted octanol–water partition coefficient (Wildman–Crippen LogP) is 2.04. The number of rotatable bonds is 8. The Bertz CT molecular complexity index is 797. The van der Waals surface area contributed by atoms with Gasteiger partial charge in [-0.25, -0.2) is 9.78 Å². The van der Waals surface area contributed by atoms with Crippen molar-refractivity contribution in [3.8, 4) is 0 Å². The van der Waals surface area contributed by atoms with Gasteiger partial charge in [0.2, 0.25) is 0 Å². The average Bonchev–Trinajstić information content (AvgIpc) is 2.94. The minimum Gasteiger partial charge on any atom is -0.480 e. The largest absolute Gasteiger partial charge is 0.480 e. The van der Waals surface area contributed by atoms with Crippen LogP contribution in [0.4, 0.5) is 0 Å². The van der Waals surface area contributed by atoms with Crippen molar-refractivity contribution >= 4 is 23.0 Å². The summed E-state index contributed by atoms with van der Waals surface area (Å²) in [5.74, 6) is -1.67. The first kappa shape index (κ1) is 18.6. The van der Waals surface area contributed by atoms with Gasteiger partial charge in [0.15, 0.2) is 6.04 Å². The number of aryl methyl sites for hydroxylation is 1. The minimum atomic E-state index is -1.19. The van der Waals surface area contributed by atoms with Crippen LogP contribution in [0.1, 0.15) is 41.5 Å². The molecule has 1 amide bonds. The molecule has 0 aliphatic heterocycles. The first-order valence-electron chi connectivity index (χ1n) is 7.84. The molecule has 2 aromatic rings. The Kier molecular flexibility index (Phi) is 5.87. The number of carbonyl (C=O) groups excluding carboxylic acids is 1. The second-order valence-corrected chi connectivity index (χ2v) is 5.89. The van der Waals surface area contributed by atoms with Crippen LogP contribution in [0.3, 0.4) is 0 Å². The number of amides is 1. The molecule has 0 aliphatic rings. The number of ether oxygens (including phenoxy) is 1. The summed E-state index contributed by atoms with van der Waals surface area (Å²) in [5, 5.41) is 16.1. The number of hydrogen-bond donors (Lipinski definition) is 2. The van der Waals surface area contributed by atoms with Crippen LogP contribution >= 0.6 is 0 Å². The van der Waals surface area contributed by atoms with Gasteiger partial charge < -0.3 is 19.7 Å². The van der Waals surface area contributed by atoms with Crippen LogP contribution in [-0.4, -0.2) is 46.4 Å². The summed E-state index contributed by atoms with van der Waals surface area (Å²) in [7, 11) is 0. The number of nitrogens with one attached hydrogen (secondary N) is 1. The highest BCUT2D eigenvalue weighted by Gasteiger charge is 2.25. The molecule has 8 nitrogen and oxygen atoms in total. The maximum atomic E-state index is 12.7. The van der Waals surface area contributed by atoms with E-state index in [0.29, 0.717) is 16.8 Å². The van der Waals surface area contributed by atoms with Crippen LogP contribution < -0.4 is 5.32 Å². The summed E-state index contributed by atoms with van der Waals surface area (Å²) in [6.07, 6.45) is 1.50. The summed E-state index contributed by atoms with van der Waals surface area (Å²) in [6, 6.07) is 0.453. The Morgan fingerprint density at radius 2 is 2.20 bits per heavy atom. The summed E-state index contributed by atoms with van der Waals surface area (Å²) in [6.45, 7) is 9.08. The fourth-order valence-electron chi connectivity index (χ4n) is 2.27. The molecule has 1 unspecified atom stereocenters. The third kappa shape index (κ3) is 4.21. The molecule has 2 aromatic heterocycles. The van der Waals surface area contributed by atoms with Gasteiger partial charge in [0.1, 0.15) is 0 Å². The Morgan fingerprint density at radius 3 is 2.80 bits per heavy atom. The molecule has 2 rings (SSSR count). The molecule has 0 fully saturated rings. The van der Waals surface area contributed by atoms with E-state index in [9.17, 15) is 14.7 Å². The second-order valence-electron chi connectivity index (χ2n) is 5.89. The number of aromatic nitrogens is 2. The first-order chi connectivity index (χ1) is 11.8. The molecular weight excluding hydrogens is 326 g/mol. The zero-order valence-corrected chi connectivity index (χ0v) is 14.4. The lowest BCUT2D eigenvalue weighted by Crippen LogP contribution is -2.44. The molecule has 0 bridgehead atoms. The van der Waals surface area contributed by atoms with E-state index < -0.39 is 17.9 Å². The zero-order valence-electron chi connectivity index (χ0n) is 14.4. The molecule has 0 radical (unpaired) electrons. The molecule has 2 heterocycles. The normalized spacial score (nSPS) is 12.3. The quantitative estimate of drug-likeness (QED) is 0.554. The standard InChI is InChI=1S/C17H21N3O5/c1-5-6-24-8-13(17(22)23)18-15(21)11-7-12(9(2)3)19-16-14(11)10(4)20-25-16/h5,7,9,13H,1,6,8H2,2-4H3,(H,18,21)(H,22,23). The minimum absolute atomic E-state index is 0.0625. The maximum Gasteiger partial charge on any atom is 0.328 e. The number of carboxylic acids is 1. The molecule has 0 saturated carbocycles. The third-order valence-corrected chi connectivity index (χ3v) is 3.60. The second kappa shape index (κ2) is 7.89. The molecule has 0 aromatic carbocycles. The molecule has 8 heteroatoms. The number of fused-ring (bicyclic) bond motifs is 1. The van der Waals surface area contributed by atoms with Crippen LogP contribution in [0.25, 0.3) is 11.1 Å². The summed E-state index contributed by atoms with van der Waals surface area (Å²) >= 11 is 0. The Balaban J connectivity index is 2.35. The van der Waals surface area contributed by atoms with Gasteiger partial charge >= 0.3 is 5.97 Å². The van der Waals surface area contributed by atoms with Crippen LogP contribution in [0.15, 0.2) is 23.2 Å². The molecule has 0 aliphatic carbocycles. The number of hydrogen-bond acceptors (Lipinski definition) is 6.